The van der Waals surface area contributed by atoms with E-state index < -0.39 is 0 Å². The molecule has 1 aromatic rings. The van der Waals surface area contributed by atoms with Crippen LogP contribution in [0.5, 0.6) is 5.75 Å². The number of hydrazone groups is 1. The monoisotopic (exact) mass is 261 g/mol. The zero-order chi connectivity index (χ0) is 13.5. The zero-order valence-electron chi connectivity index (χ0n) is 10.8. The summed E-state index contributed by atoms with van der Waals surface area (Å²) in [6, 6.07) is 6.79. The van der Waals surface area contributed by atoms with Crippen LogP contribution in [0.15, 0.2) is 29.4 Å². The van der Waals surface area contributed by atoms with E-state index in [4.69, 9.17) is 0 Å². The fraction of sp³-hybridized carbons (Fsp3) is 0.429. The first-order chi connectivity index (χ1) is 9.25. The van der Waals surface area contributed by atoms with Crippen LogP contribution in [-0.4, -0.2) is 23.4 Å². The van der Waals surface area contributed by atoms with Crippen molar-refractivity contribution in [3.05, 3.63) is 29.8 Å². The molecule has 0 saturated heterocycles. The molecule has 3 N–H and O–H groups in total. The lowest BCUT2D eigenvalue weighted by Gasteiger charge is -2.22. The van der Waals surface area contributed by atoms with E-state index in [2.05, 4.69) is 15.8 Å². The molecular formula is C14H19N3O2. The maximum absolute atomic E-state index is 11.6. The number of amides is 2. The minimum Gasteiger partial charge on any atom is -0.507 e. The average Bonchev–Trinajstić information content (AvgIpc) is 2.42. The van der Waals surface area contributed by atoms with Gasteiger partial charge in [-0.2, -0.15) is 5.10 Å². The lowest BCUT2D eigenvalue weighted by Crippen LogP contribution is -2.41. The lowest BCUT2D eigenvalue weighted by atomic mass is 9.96. The maximum atomic E-state index is 11.6. The van der Waals surface area contributed by atoms with E-state index in [1.165, 1.54) is 25.5 Å². The predicted molar refractivity (Wildman–Crippen MR) is 74.2 cm³/mol. The Labute approximate surface area is 112 Å². The molecule has 0 unspecified atom stereocenters. The quantitative estimate of drug-likeness (QED) is 0.577. The molecule has 2 rings (SSSR count). The highest BCUT2D eigenvalue weighted by Gasteiger charge is 2.14. The van der Waals surface area contributed by atoms with Crippen LogP contribution in [0, 0.1) is 0 Å². The van der Waals surface area contributed by atoms with Gasteiger partial charge in [-0.25, -0.2) is 10.2 Å². The van der Waals surface area contributed by atoms with Crippen LogP contribution in [0.1, 0.15) is 37.7 Å². The summed E-state index contributed by atoms with van der Waals surface area (Å²) in [7, 11) is 0. The number of phenolic OH excluding ortho intramolecular Hbond substituents is 1. The molecule has 0 atom stereocenters. The number of nitrogens with one attached hydrogen (secondary N) is 2. The Kier molecular flexibility index (Phi) is 4.78. The van der Waals surface area contributed by atoms with Crippen molar-refractivity contribution in [2.75, 3.05) is 0 Å². The van der Waals surface area contributed by atoms with Crippen LogP contribution >= 0.6 is 0 Å². The van der Waals surface area contributed by atoms with Crippen molar-refractivity contribution in [3.63, 3.8) is 0 Å². The van der Waals surface area contributed by atoms with Gasteiger partial charge in [-0.1, -0.05) is 31.4 Å². The van der Waals surface area contributed by atoms with Gasteiger partial charge >= 0.3 is 6.03 Å². The summed E-state index contributed by atoms with van der Waals surface area (Å²) in [4.78, 5) is 11.6. The molecule has 0 heterocycles. The molecule has 1 aliphatic carbocycles. The third-order valence-electron chi connectivity index (χ3n) is 3.25. The summed E-state index contributed by atoms with van der Waals surface area (Å²) in [5.41, 5.74) is 2.98. The van der Waals surface area contributed by atoms with E-state index in [0.29, 0.717) is 5.56 Å². The Morgan fingerprint density at radius 3 is 2.74 bits per heavy atom. The van der Waals surface area contributed by atoms with Gasteiger partial charge in [0, 0.05) is 11.6 Å². The molecule has 0 aromatic heterocycles. The molecule has 2 amide bonds. The van der Waals surface area contributed by atoms with E-state index in [0.717, 1.165) is 12.8 Å². The Morgan fingerprint density at radius 1 is 1.26 bits per heavy atom. The van der Waals surface area contributed by atoms with Gasteiger partial charge in [0.05, 0.1) is 6.21 Å². The fourth-order valence-corrected chi connectivity index (χ4v) is 2.22. The van der Waals surface area contributed by atoms with E-state index in [1.807, 2.05) is 0 Å². The maximum Gasteiger partial charge on any atom is 0.335 e. The first-order valence-electron chi connectivity index (χ1n) is 6.63. The number of nitrogens with zero attached hydrogens (tertiary/aromatic N) is 1. The van der Waals surface area contributed by atoms with E-state index in [9.17, 15) is 9.90 Å². The number of rotatable bonds is 3. The van der Waals surface area contributed by atoms with Gasteiger partial charge in [-0.05, 0) is 25.0 Å². The Morgan fingerprint density at radius 2 is 2.00 bits per heavy atom. The smallest absolute Gasteiger partial charge is 0.335 e. The second-order valence-electron chi connectivity index (χ2n) is 4.74. The molecular weight excluding hydrogens is 242 g/mol. The highest BCUT2D eigenvalue weighted by atomic mass is 16.3. The number of carbonyl (C=O) groups excluding carboxylic acids is 1. The van der Waals surface area contributed by atoms with Gasteiger partial charge in [0.25, 0.3) is 0 Å². The molecule has 1 saturated carbocycles. The van der Waals surface area contributed by atoms with Gasteiger partial charge < -0.3 is 10.4 Å². The Hall–Kier alpha value is -2.04. The molecule has 1 fully saturated rings. The number of urea groups is 1. The largest absolute Gasteiger partial charge is 0.507 e. The summed E-state index contributed by atoms with van der Waals surface area (Å²) >= 11 is 0. The van der Waals surface area contributed by atoms with Crippen molar-refractivity contribution in [3.8, 4) is 5.75 Å². The highest BCUT2D eigenvalue weighted by molar-refractivity contribution is 5.84. The van der Waals surface area contributed by atoms with E-state index >= 15 is 0 Å². The third kappa shape index (κ3) is 4.28. The average molecular weight is 261 g/mol. The van der Waals surface area contributed by atoms with Gasteiger partial charge in [-0.3, -0.25) is 0 Å². The van der Waals surface area contributed by atoms with Crippen LogP contribution in [0.2, 0.25) is 0 Å². The fourth-order valence-electron chi connectivity index (χ4n) is 2.22. The van der Waals surface area contributed by atoms with Crippen molar-refractivity contribution in [1.82, 2.24) is 10.7 Å². The molecule has 0 aliphatic heterocycles. The SMILES string of the molecule is O=C(NN=Cc1ccccc1O)NC1CCCCC1. The number of hydrogen-bond donors (Lipinski definition) is 3. The minimum absolute atomic E-state index is 0.140. The Balaban J connectivity index is 1.78. The van der Waals surface area contributed by atoms with Crippen molar-refractivity contribution in [1.29, 1.82) is 0 Å². The standard InChI is InChI=1S/C14H19N3O2/c18-13-9-5-4-6-11(13)10-15-17-14(19)16-12-7-2-1-3-8-12/h4-6,9-10,12,18H,1-3,7-8H2,(H2,16,17,19). The number of phenols is 1. The van der Waals surface area contributed by atoms with Crippen LogP contribution in [0.3, 0.4) is 0 Å². The van der Waals surface area contributed by atoms with Crippen LogP contribution in [-0.2, 0) is 0 Å². The molecule has 5 heteroatoms. The Bertz CT molecular complexity index is 454. The molecule has 0 bridgehead atoms. The van der Waals surface area contributed by atoms with Crippen LogP contribution in [0.25, 0.3) is 0 Å². The lowest BCUT2D eigenvalue weighted by molar-refractivity contribution is 0.233. The van der Waals surface area contributed by atoms with Crippen molar-refractivity contribution in [2.24, 2.45) is 5.10 Å². The predicted octanol–water partition coefficient (Wildman–Crippen LogP) is 2.36. The van der Waals surface area contributed by atoms with E-state index in [1.54, 1.807) is 24.3 Å². The number of benzene rings is 1. The third-order valence-corrected chi connectivity index (χ3v) is 3.25. The summed E-state index contributed by atoms with van der Waals surface area (Å²) in [5, 5.41) is 16.2. The molecule has 1 aromatic carbocycles. The molecule has 0 radical (unpaired) electrons. The molecule has 0 spiro atoms. The van der Waals surface area contributed by atoms with Crippen LogP contribution < -0.4 is 10.7 Å². The number of aromatic hydroxyl groups is 1. The number of para-hydroxylation sites is 1. The van der Waals surface area contributed by atoms with Crippen molar-refractivity contribution in [2.45, 2.75) is 38.1 Å². The normalized spacial score (nSPS) is 16.4. The second-order valence-corrected chi connectivity index (χ2v) is 4.74. The molecule has 1 aliphatic rings. The summed E-state index contributed by atoms with van der Waals surface area (Å²) in [6.07, 6.45) is 7.10. The van der Waals surface area contributed by atoms with E-state index in [-0.39, 0.29) is 17.8 Å². The number of hydrogen-bond acceptors (Lipinski definition) is 3. The van der Waals surface area contributed by atoms with Gasteiger partial charge in [0.15, 0.2) is 0 Å². The molecule has 5 nitrogen and oxygen atoms in total. The zero-order valence-corrected chi connectivity index (χ0v) is 10.8. The second kappa shape index (κ2) is 6.78. The topological polar surface area (TPSA) is 73.7 Å². The van der Waals surface area contributed by atoms with Crippen molar-refractivity contribution < 1.29 is 9.90 Å². The minimum atomic E-state index is -0.293. The summed E-state index contributed by atoms with van der Waals surface area (Å²) in [6.45, 7) is 0. The molecule has 19 heavy (non-hydrogen) atoms. The van der Waals surface area contributed by atoms with Gasteiger partial charge in [0.2, 0.25) is 0 Å². The first kappa shape index (κ1) is 13.4. The van der Waals surface area contributed by atoms with Gasteiger partial charge in [-0.15, -0.1) is 0 Å². The first-order valence-corrected chi connectivity index (χ1v) is 6.63. The summed E-state index contributed by atoms with van der Waals surface area (Å²) in [5.74, 6) is 0.140. The molecule has 102 valence electrons. The summed E-state index contributed by atoms with van der Waals surface area (Å²) < 4.78 is 0. The van der Waals surface area contributed by atoms with Gasteiger partial charge in [0.1, 0.15) is 5.75 Å². The van der Waals surface area contributed by atoms with Crippen LogP contribution in [0.4, 0.5) is 4.79 Å². The number of carbonyl (C=O) groups is 1. The van der Waals surface area contributed by atoms with Crippen molar-refractivity contribution >= 4 is 12.2 Å². The highest BCUT2D eigenvalue weighted by Crippen LogP contribution is 2.17.